The first kappa shape index (κ1) is 24.6. The molecule has 1 amide bonds. The van der Waals surface area contributed by atoms with Gasteiger partial charge in [-0.2, -0.15) is 0 Å². The minimum atomic E-state index is -4.13. The van der Waals surface area contributed by atoms with Crippen LogP contribution >= 0.6 is 7.60 Å². The molecule has 9 heteroatoms. The molecule has 0 fully saturated rings. The molecule has 0 aliphatic heterocycles. The first-order valence-electron chi connectivity index (χ1n) is 11.0. The summed E-state index contributed by atoms with van der Waals surface area (Å²) in [6.07, 6.45) is 4.28. The van der Waals surface area contributed by atoms with Crippen molar-refractivity contribution in [2.45, 2.75) is 5.78 Å². The molecule has 3 aromatic carbocycles. The van der Waals surface area contributed by atoms with Crippen molar-refractivity contribution < 1.29 is 28.2 Å². The molecule has 5 N–H and O–H groups in total. The zero-order valence-electron chi connectivity index (χ0n) is 19.2. The first-order chi connectivity index (χ1) is 17.4. The van der Waals surface area contributed by atoms with Crippen molar-refractivity contribution in [3.05, 3.63) is 126 Å². The quantitative estimate of drug-likeness (QED) is 0.130. The molecule has 0 saturated carbocycles. The molecule has 0 saturated heterocycles. The topological polar surface area (TPSA) is 129 Å². The standard InChI is InChI=1S/C27H24N3O5P/c28-26(29)20-13-15-21(16-14-20)27(30-25(31)18-17-22-12-7-19-33-22)36(32,34-23-8-3-1-4-9-23)35-24-10-5-2-6-11-24/h1-19,27H,(H3,28,29)(H,30,31)/p+1/b18-17+. The van der Waals surface area contributed by atoms with Crippen molar-refractivity contribution in [3.63, 3.8) is 0 Å². The average molecular weight is 502 g/mol. The summed E-state index contributed by atoms with van der Waals surface area (Å²) in [6.45, 7) is 0. The highest BCUT2D eigenvalue weighted by molar-refractivity contribution is 7.55. The van der Waals surface area contributed by atoms with E-state index in [1.807, 2.05) is 0 Å². The van der Waals surface area contributed by atoms with E-state index in [9.17, 15) is 9.36 Å². The van der Waals surface area contributed by atoms with Gasteiger partial charge in [-0.3, -0.25) is 15.9 Å². The zero-order chi connectivity index (χ0) is 25.4. The van der Waals surface area contributed by atoms with Crippen molar-refractivity contribution in [1.82, 2.24) is 5.32 Å². The third-order valence-corrected chi connectivity index (χ3v) is 7.04. The van der Waals surface area contributed by atoms with Crippen LogP contribution in [0.3, 0.4) is 0 Å². The van der Waals surface area contributed by atoms with Crippen LogP contribution < -0.4 is 25.5 Å². The summed E-state index contributed by atoms with van der Waals surface area (Å²) in [5.41, 5.74) is 6.75. The molecular formula is C27H25N3O5P+. The van der Waals surface area contributed by atoms with Crippen LogP contribution in [0.2, 0.25) is 0 Å². The molecule has 1 heterocycles. The number of hydrogen-bond acceptors (Lipinski definition) is 5. The largest absolute Gasteiger partial charge is 0.465 e. The molecule has 0 aliphatic carbocycles. The molecular weight excluding hydrogens is 477 g/mol. The highest BCUT2D eigenvalue weighted by atomic mass is 31.2. The van der Waals surface area contributed by atoms with E-state index in [-0.39, 0.29) is 5.84 Å². The van der Waals surface area contributed by atoms with E-state index in [0.29, 0.717) is 28.4 Å². The molecule has 36 heavy (non-hydrogen) atoms. The molecule has 0 aliphatic rings. The Balaban J connectivity index is 1.74. The summed E-state index contributed by atoms with van der Waals surface area (Å²) in [7, 11) is -4.13. The minimum absolute atomic E-state index is 0.132. The maximum atomic E-state index is 14.5. The number of nitrogens with two attached hydrogens (primary N) is 2. The summed E-state index contributed by atoms with van der Waals surface area (Å²) in [4.78, 5) is 12.9. The molecule has 0 radical (unpaired) electrons. The predicted molar refractivity (Wildman–Crippen MR) is 137 cm³/mol. The van der Waals surface area contributed by atoms with Crippen LogP contribution in [-0.4, -0.2) is 11.7 Å². The number of para-hydroxylation sites is 2. The summed E-state index contributed by atoms with van der Waals surface area (Å²) in [6, 6.07) is 27.3. The lowest BCUT2D eigenvalue weighted by molar-refractivity contribution is -0.117. The van der Waals surface area contributed by atoms with Gasteiger partial charge in [-0.05, 0) is 60.2 Å². The monoisotopic (exact) mass is 502 g/mol. The van der Waals surface area contributed by atoms with E-state index in [1.54, 1.807) is 97.1 Å². The Morgan fingerprint density at radius 1 is 0.889 bits per heavy atom. The van der Waals surface area contributed by atoms with Crippen molar-refractivity contribution in [1.29, 1.82) is 0 Å². The second-order valence-electron chi connectivity index (χ2n) is 7.69. The van der Waals surface area contributed by atoms with Crippen LogP contribution in [0.15, 0.2) is 114 Å². The van der Waals surface area contributed by atoms with Crippen molar-refractivity contribution in [2.24, 2.45) is 5.73 Å². The van der Waals surface area contributed by atoms with E-state index in [0.717, 1.165) is 0 Å². The summed E-state index contributed by atoms with van der Waals surface area (Å²) >= 11 is 0. The van der Waals surface area contributed by atoms with Crippen LogP contribution in [0.5, 0.6) is 11.5 Å². The molecule has 182 valence electrons. The highest BCUT2D eigenvalue weighted by Crippen LogP contribution is 2.59. The predicted octanol–water partition coefficient (Wildman–Crippen LogP) is 3.92. The van der Waals surface area contributed by atoms with Gasteiger partial charge in [-0.1, -0.05) is 48.5 Å². The molecule has 4 aromatic rings. The lowest BCUT2D eigenvalue weighted by Gasteiger charge is -2.28. The van der Waals surface area contributed by atoms with Gasteiger partial charge in [0.15, 0.2) is 5.78 Å². The smallest absolute Gasteiger partial charge is 0.457 e. The van der Waals surface area contributed by atoms with Gasteiger partial charge < -0.3 is 18.8 Å². The number of rotatable bonds is 10. The Morgan fingerprint density at radius 2 is 1.47 bits per heavy atom. The minimum Gasteiger partial charge on any atom is -0.465 e. The molecule has 1 unspecified atom stereocenters. The van der Waals surface area contributed by atoms with E-state index in [4.69, 9.17) is 24.6 Å². The lowest BCUT2D eigenvalue weighted by Crippen LogP contribution is -2.46. The lowest BCUT2D eigenvalue weighted by atomic mass is 10.1. The van der Waals surface area contributed by atoms with Gasteiger partial charge in [0.1, 0.15) is 17.3 Å². The number of hydrogen-bond donors (Lipinski definition) is 3. The van der Waals surface area contributed by atoms with E-state index in [2.05, 4.69) is 5.32 Å². The maximum Gasteiger partial charge on any atom is 0.457 e. The summed E-state index contributed by atoms with van der Waals surface area (Å²) in [5.74, 6) is -0.452. The fourth-order valence-electron chi connectivity index (χ4n) is 3.31. The molecule has 4 rings (SSSR count). The fourth-order valence-corrected chi connectivity index (χ4v) is 5.21. The van der Waals surface area contributed by atoms with E-state index >= 15 is 0 Å². The van der Waals surface area contributed by atoms with Crippen LogP contribution in [0.25, 0.3) is 6.08 Å². The third kappa shape index (κ3) is 6.31. The van der Waals surface area contributed by atoms with Crippen LogP contribution in [-0.2, 0) is 9.36 Å². The second kappa shape index (κ2) is 11.3. The van der Waals surface area contributed by atoms with Gasteiger partial charge in [0.25, 0.3) is 5.84 Å². The van der Waals surface area contributed by atoms with Gasteiger partial charge in [0, 0.05) is 6.08 Å². The van der Waals surface area contributed by atoms with Gasteiger partial charge in [0.2, 0.25) is 5.91 Å². The Kier molecular flexibility index (Phi) is 7.68. The van der Waals surface area contributed by atoms with Gasteiger partial charge >= 0.3 is 7.60 Å². The zero-order valence-corrected chi connectivity index (χ0v) is 20.1. The number of benzene rings is 3. The molecule has 1 aromatic heterocycles. The van der Waals surface area contributed by atoms with Gasteiger partial charge in [0.05, 0.1) is 11.8 Å². The Bertz CT molecular complexity index is 1330. The average Bonchev–Trinajstić information content (AvgIpc) is 3.41. The molecule has 0 bridgehead atoms. The van der Waals surface area contributed by atoms with E-state index in [1.165, 1.54) is 18.4 Å². The maximum absolute atomic E-state index is 14.5. The highest BCUT2D eigenvalue weighted by Gasteiger charge is 2.42. The number of amides is 1. The number of nitrogens with one attached hydrogen (secondary N) is 1. The third-order valence-electron chi connectivity index (χ3n) is 5.05. The normalized spacial score (nSPS) is 12.1. The molecule has 1 atom stereocenters. The summed E-state index contributed by atoms with van der Waals surface area (Å²) < 4.78 is 31.7. The SMILES string of the molecule is NC(=[NH2+])c1ccc(C(NC(=O)/C=C/c2ccco2)P(=O)(Oc2ccccc2)Oc2ccccc2)cc1. The second-order valence-corrected chi connectivity index (χ2v) is 9.65. The van der Waals surface area contributed by atoms with Gasteiger partial charge in [-0.15, -0.1) is 0 Å². The number of carbonyl (C=O) groups is 1. The Morgan fingerprint density at radius 3 is 1.97 bits per heavy atom. The molecule has 8 nitrogen and oxygen atoms in total. The summed E-state index contributed by atoms with van der Waals surface area (Å²) in [5, 5.41) is 8.47. The van der Waals surface area contributed by atoms with Crippen molar-refractivity contribution >= 4 is 25.4 Å². The molecule has 0 spiro atoms. The van der Waals surface area contributed by atoms with E-state index < -0.39 is 19.3 Å². The number of amidine groups is 1. The van der Waals surface area contributed by atoms with Crippen LogP contribution in [0.1, 0.15) is 22.7 Å². The van der Waals surface area contributed by atoms with Crippen LogP contribution in [0.4, 0.5) is 0 Å². The van der Waals surface area contributed by atoms with Gasteiger partial charge in [-0.25, -0.2) is 4.57 Å². The first-order valence-corrected chi connectivity index (χ1v) is 12.6. The van der Waals surface area contributed by atoms with Crippen molar-refractivity contribution in [2.75, 3.05) is 0 Å². The Labute approximate surface area is 208 Å². The number of furan rings is 1. The van der Waals surface area contributed by atoms with Crippen molar-refractivity contribution in [3.8, 4) is 11.5 Å². The fraction of sp³-hybridized carbons (Fsp3) is 0.0370. The van der Waals surface area contributed by atoms with Crippen LogP contribution in [0, 0.1) is 0 Å². The Hall–Kier alpha value is -4.55. The number of carbonyl (C=O) groups excluding carboxylic acids is 1.